The third kappa shape index (κ3) is 5.06. The van der Waals surface area contributed by atoms with E-state index in [1.54, 1.807) is 6.07 Å². The molecule has 0 aliphatic carbocycles. The molecular formula is C31H38N6O3. The normalized spacial score (nSPS) is 21.5. The maximum atomic E-state index is 12.3. The van der Waals surface area contributed by atoms with Crippen molar-refractivity contribution in [3.63, 3.8) is 0 Å². The molecule has 3 aliphatic heterocycles. The average Bonchev–Trinajstić information content (AvgIpc) is 3.38. The van der Waals surface area contributed by atoms with Gasteiger partial charge >= 0.3 is 6.01 Å². The van der Waals surface area contributed by atoms with Crippen LogP contribution in [0.5, 0.6) is 11.8 Å². The topological polar surface area (TPSA) is 85.3 Å². The highest BCUT2D eigenvalue weighted by molar-refractivity contribution is 5.95. The van der Waals surface area contributed by atoms with Crippen molar-refractivity contribution >= 4 is 28.2 Å². The Kier molecular flexibility index (Phi) is 7.23. The highest BCUT2D eigenvalue weighted by Crippen LogP contribution is 2.37. The van der Waals surface area contributed by atoms with Crippen LogP contribution in [0.25, 0.3) is 10.8 Å². The van der Waals surface area contributed by atoms with E-state index in [0.717, 1.165) is 59.5 Å². The first-order valence-electron chi connectivity index (χ1n) is 14.3. The number of aromatic nitrogens is 2. The zero-order valence-electron chi connectivity index (χ0n) is 23.4. The van der Waals surface area contributed by atoms with Gasteiger partial charge in [-0.1, -0.05) is 30.8 Å². The van der Waals surface area contributed by atoms with Crippen molar-refractivity contribution in [3.05, 3.63) is 60.3 Å². The zero-order chi connectivity index (χ0) is 27.8. The number of anilines is 2. The van der Waals surface area contributed by atoms with Crippen LogP contribution in [0.1, 0.15) is 31.0 Å². The molecule has 9 heteroatoms. The molecule has 0 spiro atoms. The Morgan fingerprint density at radius 1 is 1.18 bits per heavy atom. The van der Waals surface area contributed by atoms with Crippen LogP contribution < -0.4 is 14.5 Å². The van der Waals surface area contributed by atoms with Crippen LogP contribution in [0.4, 0.5) is 11.5 Å². The lowest BCUT2D eigenvalue weighted by Gasteiger charge is -2.42. The summed E-state index contributed by atoms with van der Waals surface area (Å²) in [5.74, 6) is 1.14. The Labute approximate surface area is 235 Å². The number of carbonyl (C=O) groups is 1. The lowest BCUT2D eigenvalue weighted by atomic mass is 10.0. The molecule has 3 aromatic rings. The van der Waals surface area contributed by atoms with E-state index in [1.807, 2.05) is 29.2 Å². The molecule has 6 rings (SSSR count). The van der Waals surface area contributed by atoms with Crippen molar-refractivity contribution < 1.29 is 14.6 Å². The molecule has 210 valence electrons. The SMILES string of the molecule is C=CC(=O)N1CCN(c2nc(OCC3CCCN3C)nc3c2CCN(c2cc(O)cc4ccccc24)C3)[C@@H](C)C1. The standard InChI is InChI=1S/C31H38N6O3/c1-4-29(39)36-14-15-37(21(2)18-36)30-26-11-13-35(28-17-24(38)16-22-8-5-6-10-25(22)28)19-27(26)32-31(33-30)40-20-23-9-7-12-34(23)3/h4-6,8,10,16-17,21,23,38H,1,7,9,11-15,18-20H2,2-3H3/t21-,23?/m0/s1. The van der Waals surface area contributed by atoms with Gasteiger partial charge in [0.25, 0.3) is 0 Å². The summed E-state index contributed by atoms with van der Waals surface area (Å²) in [6.45, 7) is 10.8. The molecule has 0 saturated carbocycles. The van der Waals surface area contributed by atoms with E-state index in [4.69, 9.17) is 14.7 Å². The number of hydrogen-bond acceptors (Lipinski definition) is 8. The number of rotatable bonds is 6. The summed E-state index contributed by atoms with van der Waals surface area (Å²) in [6.07, 6.45) is 4.46. The van der Waals surface area contributed by atoms with Crippen molar-refractivity contribution in [3.8, 4) is 11.8 Å². The van der Waals surface area contributed by atoms with Crippen molar-refractivity contribution in [2.75, 3.05) is 56.2 Å². The molecule has 1 unspecified atom stereocenters. The van der Waals surface area contributed by atoms with Gasteiger partial charge in [0.15, 0.2) is 0 Å². The number of hydrogen-bond donors (Lipinski definition) is 1. The van der Waals surface area contributed by atoms with Gasteiger partial charge in [0.1, 0.15) is 18.2 Å². The van der Waals surface area contributed by atoms with Crippen LogP contribution in [0, 0.1) is 0 Å². The second-order valence-corrected chi connectivity index (χ2v) is 11.2. The second kappa shape index (κ2) is 11.0. The minimum Gasteiger partial charge on any atom is -0.508 e. The fourth-order valence-corrected chi connectivity index (χ4v) is 6.39. The average molecular weight is 543 g/mol. The van der Waals surface area contributed by atoms with Crippen LogP contribution in [-0.2, 0) is 17.8 Å². The van der Waals surface area contributed by atoms with Crippen LogP contribution in [0.15, 0.2) is 49.1 Å². The predicted octanol–water partition coefficient (Wildman–Crippen LogP) is 3.59. The quantitative estimate of drug-likeness (QED) is 0.473. The van der Waals surface area contributed by atoms with Crippen molar-refractivity contribution in [2.45, 2.75) is 44.8 Å². The molecule has 40 heavy (non-hydrogen) atoms. The Balaban J connectivity index is 1.33. The first-order chi connectivity index (χ1) is 19.4. The van der Waals surface area contributed by atoms with Gasteiger partial charge in [-0.3, -0.25) is 4.79 Å². The number of aromatic hydroxyl groups is 1. The van der Waals surface area contributed by atoms with Gasteiger partial charge in [-0.2, -0.15) is 9.97 Å². The highest BCUT2D eigenvalue weighted by atomic mass is 16.5. The molecule has 2 aromatic carbocycles. The monoisotopic (exact) mass is 542 g/mol. The van der Waals surface area contributed by atoms with Crippen molar-refractivity contribution in [2.24, 2.45) is 0 Å². The lowest BCUT2D eigenvalue weighted by Crippen LogP contribution is -2.54. The Bertz CT molecular complexity index is 1430. The number of likely N-dealkylation sites (tertiary alicyclic amines) is 1. The van der Waals surface area contributed by atoms with Crippen LogP contribution >= 0.6 is 0 Å². The van der Waals surface area contributed by atoms with E-state index in [0.29, 0.717) is 44.8 Å². The molecule has 3 aliphatic rings. The Hall–Kier alpha value is -3.85. The summed E-state index contributed by atoms with van der Waals surface area (Å²) in [5.41, 5.74) is 3.10. The van der Waals surface area contributed by atoms with E-state index in [9.17, 15) is 9.90 Å². The molecule has 1 amide bonds. The fraction of sp³-hybridized carbons (Fsp3) is 0.452. The minimum atomic E-state index is -0.0325. The molecule has 9 nitrogen and oxygen atoms in total. The maximum absolute atomic E-state index is 12.3. The largest absolute Gasteiger partial charge is 0.508 e. The number of ether oxygens (including phenoxy) is 1. The smallest absolute Gasteiger partial charge is 0.318 e. The Morgan fingerprint density at radius 2 is 2.02 bits per heavy atom. The van der Waals surface area contributed by atoms with Gasteiger partial charge < -0.3 is 29.4 Å². The van der Waals surface area contributed by atoms with Gasteiger partial charge in [-0.05, 0) is 57.3 Å². The number of nitrogens with zero attached hydrogens (tertiary/aromatic N) is 6. The number of likely N-dealkylation sites (N-methyl/N-ethyl adjacent to an activating group) is 1. The number of carbonyl (C=O) groups excluding carboxylic acids is 1. The summed E-state index contributed by atoms with van der Waals surface area (Å²) in [7, 11) is 2.14. The van der Waals surface area contributed by atoms with E-state index in [-0.39, 0.29) is 17.7 Å². The maximum Gasteiger partial charge on any atom is 0.318 e. The van der Waals surface area contributed by atoms with Crippen molar-refractivity contribution in [1.82, 2.24) is 19.8 Å². The molecular weight excluding hydrogens is 504 g/mol. The molecule has 2 fully saturated rings. The summed E-state index contributed by atoms with van der Waals surface area (Å²) < 4.78 is 6.27. The first kappa shape index (κ1) is 26.4. The molecule has 4 heterocycles. The van der Waals surface area contributed by atoms with E-state index < -0.39 is 0 Å². The number of piperazine rings is 1. The molecule has 1 N–H and O–H groups in total. The summed E-state index contributed by atoms with van der Waals surface area (Å²) in [6, 6.07) is 12.7. The molecule has 1 aromatic heterocycles. The van der Waals surface area contributed by atoms with Crippen molar-refractivity contribution in [1.29, 1.82) is 0 Å². The summed E-state index contributed by atoms with van der Waals surface area (Å²) in [4.78, 5) is 31.0. The number of benzene rings is 2. The third-order valence-corrected chi connectivity index (χ3v) is 8.65. The molecule has 2 saturated heterocycles. The zero-order valence-corrected chi connectivity index (χ0v) is 23.4. The summed E-state index contributed by atoms with van der Waals surface area (Å²) in [5, 5.41) is 12.6. The number of amides is 1. The van der Waals surface area contributed by atoms with Gasteiger partial charge in [0, 0.05) is 61.0 Å². The predicted molar refractivity (Wildman–Crippen MR) is 157 cm³/mol. The van der Waals surface area contributed by atoms with E-state index in [2.05, 4.69) is 41.3 Å². The van der Waals surface area contributed by atoms with Crippen LogP contribution in [0.2, 0.25) is 0 Å². The van der Waals surface area contributed by atoms with Gasteiger partial charge in [0.2, 0.25) is 5.91 Å². The van der Waals surface area contributed by atoms with Crippen LogP contribution in [-0.4, -0.2) is 89.2 Å². The fourth-order valence-electron chi connectivity index (χ4n) is 6.39. The number of phenolic OH excluding ortho intramolecular Hbond substituents is 1. The van der Waals surface area contributed by atoms with E-state index in [1.165, 1.54) is 12.5 Å². The molecule has 2 atom stereocenters. The number of phenols is 1. The highest BCUT2D eigenvalue weighted by Gasteiger charge is 2.32. The molecule has 0 bridgehead atoms. The second-order valence-electron chi connectivity index (χ2n) is 11.2. The van der Waals surface area contributed by atoms with Gasteiger partial charge in [0.05, 0.1) is 12.2 Å². The van der Waals surface area contributed by atoms with Gasteiger partial charge in [-0.25, -0.2) is 0 Å². The molecule has 0 radical (unpaired) electrons. The summed E-state index contributed by atoms with van der Waals surface area (Å²) >= 11 is 0. The number of fused-ring (bicyclic) bond motifs is 2. The third-order valence-electron chi connectivity index (χ3n) is 8.65. The minimum absolute atomic E-state index is 0.0325. The Morgan fingerprint density at radius 3 is 2.80 bits per heavy atom. The van der Waals surface area contributed by atoms with E-state index >= 15 is 0 Å². The van der Waals surface area contributed by atoms with Crippen LogP contribution in [0.3, 0.4) is 0 Å². The first-order valence-corrected chi connectivity index (χ1v) is 14.3. The van der Waals surface area contributed by atoms with Gasteiger partial charge in [-0.15, -0.1) is 0 Å². The lowest BCUT2D eigenvalue weighted by molar-refractivity contribution is -0.126.